The van der Waals surface area contributed by atoms with Crippen molar-refractivity contribution in [2.75, 3.05) is 31.6 Å². The van der Waals surface area contributed by atoms with Crippen LogP contribution in [0.1, 0.15) is 25.3 Å². The largest absolute Gasteiger partial charge is 0.466 e. The second-order valence-corrected chi connectivity index (χ2v) is 5.54. The summed E-state index contributed by atoms with van der Waals surface area (Å²) in [5.74, 6) is -0.272. The molecule has 0 radical (unpaired) electrons. The van der Waals surface area contributed by atoms with Gasteiger partial charge in [0.1, 0.15) is 0 Å². The van der Waals surface area contributed by atoms with Gasteiger partial charge in [-0.15, -0.1) is 0 Å². The number of nitrogens with one attached hydrogen (secondary N) is 1. The monoisotopic (exact) mass is 315 g/mol. The molecule has 1 aliphatic heterocycles. The number of benzene rings is 1. The molecule has 0 aromatic heterocycles. The summed E-state index contributed by atoms with van der Waals surface area (Å²) in [5.41, 5.74) is 1.24. The second kappa shape index (κ2) is 8.30. The van der Waals surface area contributed by atoms with Gasteiger partial charge in [-0.2, -0.15) is 5.26 Å². The molecule has 1 amide bonds. The van der Waals surface area contributed by atoms with Gasteiger partial charge < -0.3 is 10.1 Å². The fourth-order valence-corrected chi connectivity index (χ4v) is 2.62. The maximum absolute atomic E-state index is 12.0. The first kappa shape index (κ1) is 17.0. The molecule has 0 bridgehead atoms. The zero-order valence-electron chi connectivity index (χ0n) is 13.2. The fourth-order valence-electron chi connectivity index (χ4n) is 2.62. The molecule has 0 spiro atoms. The maximum atomic E-state index is 12.0. The smallest absolute Gasteiger partial charge is 0.309 e. The Morgan fingerprint density at radius 2 is 1.96 bits per heavy atom. The summed E-state index contributed by atoms with van der Waals surface area (Å²) in [4.78, 5) is 25.8. The lowest BCUT2D eigenvalue weighted by Crippen LogP contribution is -2.41. The third-order valence-corrected chi connectivity index (χ3v) is 3.87. The molecule has 1 N–H and O–H groups in total. The number of amides is 1. The summed E-state index contributed by atoms with van der Waals surface area (Å²) < 4.78 is 5.04. The maximum Gasteiger partial charge on any atom is 0.309 e. The quantitative estimate of drug-likeness (QED) is 0.837. The van der Waals surface area contributed by atoms with Crippen molar-refractivity contribution >= 4 is 17.6 Å². The van der Waals surface area contributed by atoms with Crippen LogP contribution in [0.25, 0.3) is 0 Å². The summed E-state index contributed by atoms with van der Waals surface area (Å²) in [6.07, 6.45) is 1.45. The van der Waals surface area contributed by atoms with Gasteiger partial charge in [-0.25, -0.2) is 0 Å². The molecule has 1 aromatic rings. The number of hydrogen-bond donors (Lipinski definition) is 1. The van der Waals surface area contributed by atoms with E-state index in [2.05, 4.69) is 5.32 Å². The van der Waals surface area contributed by atoms with E-state index < -0.39 is 0 Å². The minimum absolute atomic E-state index is 0.0483. The summed E-state index contributed by atoms with van der Waals surface area (Å²) in [5, 5.41) is 11.6. The molecule has 23 heavy (non-hydrogen) atoms. The van der Waals surface area contributed by atoms with Crippen LogP contribution in [-0.2, 0) is 14.3 Å². The number of hydrogen-bond acceptors (Lipinski definition) is 5. The Bertz CT molecular complexity index is 584. The molecule has 1 saturated heterocycles. The number of carbonyl (C=O) groups excluding carboxylic acids is 2. The predicted molar refractivity (Wildman–Crippen MR) is 85.6 cm³/mol. The molecule has 122 valence electrons. The molecule has 0 atom stereocenters. The van der Waals surface area contributed by atoms with E-state index in [0.29, 0.717) is 37.5 Å². The molecular formula is C17H21N3O3. The number of nitriles is 1. The first-order chi connectivity index (χ1) is 11.1. The highest BCUT2D eigenvalue weighted by Gasteiger charge is 2.26. The van der Waals surface area contributed by atoms with E-state index in [1.54, 1.807) is 31.2 Å². The lowest BCUT2D eigenvalue weighted by Gasteiger charge is -2.30. The standard InChI is InChI=1S/C17H21N3O3/c1-2-23-17(22)14-7-9-20(10-8-14)12-16(21)19-15-5-3-13(11-18)4-6-15/h3-6,14H,2,7-10,12H2,1H3,(H,19,21). The first-order valence-electron chi connectivity index (χ1n) is 7.81. The van der Waals surface area contributed by atoms with Crippen LogP contribution in [0.4, 0.5) is 5.69 Å². The number of esters is 1. The van der Waals surface area contributed by atoms with Crippen molar-refractivity contribution in [1.82, 2.24) is 4.90 Å². The van der Waals surface area contributed by atoms with Crippen LogP contribution in [-0.4, -0.2) is 43.0 Å². The van der Waals surface area contributed by atoms with Gasteiger partial charge in [0, 0.05) is 5.69 Å². The average molecular weight is 315 g/mol. The van der Waals surface area contributed by atoms with Crippen molar-refractivity contribution in [2.45, 2.75) is 19.8 Å². The van der Waals surface area contributed by atoms with Crippen LogP contribution >= 0.6 is 0 Å². The van der Waals surface area contributed by atoms with E-state index in [1.165, 1.54) is 0 Å². The van der Waals surface area contributed by atoms with Gasteiger partial charge in [-0.05, 0) is 57.1 Å². The Balaban J connectivity index is 1.76. The number of ether oxygens (including phenoxy) is 1. The minimum Gasteiger partial charge on any atom is -0.466 e. The highest BCUT2D eigenvalue weighted by molar-refractivity contribution is 5.92. The predicted octanol–water partition coefficient (Wildman–Crippen LogP) is 1.77. The van der Waals surface area contributed by atoms with Crippen molar-refractivity contribution in [2.24, 2.45) is 5.92 Å². The van der Waals surface area contributed by atoms with Gasteiger partial charge in [0.2, 0.25) is 5.91 Å². The summed E-state index contributed by atoms with van der Waals surface area (Å²) in [6.45, 7) is 3.94. The fraction of sp³-hybridized carbons (Fsp3) is 0.471. The highest BCUT2D eigenvalue weighted by atomic mass is 16.5. The van der Waals surface area contributed by atoms with Gasteiger partial charge in [0.15, 0.2) is 0 Å². The number of anilines is 1. The Labute approximate surface area is 136 Å². The highest BCUT2D eigenvalue weighted by Crippen LogP contribution is 2.18. The molecule has 1 aromatic carbocycles. The first-order valence-corrected chi connectivity index (χ1v) is 7.81. The van der Waals surface area contributed by atoms with Crippen LogP contribution < -0.4 is 5.32 Å². The van der Waals surface area contributed by atoms with Crippen molar-refractivity contribution in [3.8, 4) is 6.07 Å². The van der Waals surface area contributed by atoms with Gasteiger partial charge >= 0.3 is 5.97 Å². The van der Waals surface area contributed by atoms with Crippen LogP contribution in [0.2, 0.25) is 0 Å². The number of piperidine rings is 1. The second-order valence-electron chi connectivity index (χ2n) is 5.54. The number of carbonyl (C=O) groups is 2. The molecule has 1 fully saturated rings. The number of nitrogens with zero attached hydrogens (tertiary/aromatic N) is 2. The van der Waals surface area contributed by atoms with E-state index in [-0.39, 0.29) is 17.8 Å². The molecule has 2 rings (SSSR count). The topological polar surface area (TPSA) is 82.4 Å². The summed E-state index contributed by atoms with van der Waals surface area (Å²) >= 11 is 0. The molecule has 0 unspecified atom stereocenters. The van der Waals surface area contributed by atoms with Crippen molar-refractivity contribution in [3.05, 3.63) is 29.8 Å². The molecule has 0 saturated carbocycles. The van der Waals surface area contributed by atoms with Gasteiger partial charge in [-0.3, -0.25) is 14.5 Å². The lowest BCUT2D eigenvalue weighted by atomic mass is 9.97. The van der Waals surface area contributed by atoms with E-state index >= 15 is 0 Å². The summed E-state index contributed by atoms with van der Waals surface area (Å²) in [7, 11) is 0. The van der Waals surface area contributed by atoms with Crippen LogP contribution in [0.3, 0.4) is 0 Å². The van der Waals surface area contributed by atoms with Gasteiger partial charge in [0.25, 0.3) is 0 Å². The molecule has 0 aliphatic carbocycles. The van der Waals surface area contributed by atoms with Crippen molar-refractivity contribution < 1.29 is 14.3 Å². The minimum atomic E-state index is -0.130. The third kappa shape index (κ3) is 5.08. The van der Waals surface area contributed by atoms with Crippen molar-refractivity contribution in [1.29, 1.82) is 5.26 Å². The van der Waals surface area contributed by atoms with Crippen LogP contribution in [0, 0.1) is 17.2 Å². The summed E-state index contributed by atoms with van der Waals surface area (Å²) in [6, 6.07) is 8.79. The molecule has 1 heterocycles. The molecular weight excluding hydrogens is 294 g/mol. The van der Waals surface area contributed by atoms with E-state index in [1.807, 2.05) is 11.0 Å². The SMILES string of the molecule is CCOC(=O)C1CCN(CC(=O)Nc2ccc(C#N)cc2)CC1. The van der Waals surface area contributed by atoms with E-state index in [4.69, 9.17) is 10.00 Å². The van der Waals surface area contributed by atoms with E-state index in [9.17, 15) is 9.59 Å². The van der Waals surface area contributed by atoms with Crippen molar-refractivity contribution in [3.63, 3.8) is 0 Å². The lowest BCUT2D eigenvalue weighted by molar-refractivity contribution is -0.149. The Morgan fingerprint density at radius 1 is 1.30 bits per heavy atom. The Morgan fingerprint density at radius 3 is 2.52 bits per heavy atom. The third-order valence-electron chi connectivity index (χ3n) is 3.87. The zero-order chi connectivity index (χ0) is 16.7. The van der Waals surface area contributed by atoms with Gasteiger partial charge in [-0.1, -0.05) is 0 Å². The molecule has 6 nitrogen and oxygen atoms in total. The van der Waals surface area contributed by atoms with Crippen LogP contribution in [0.15, 0.2) is 24.3 Å². The van der Waals surface area contributed by atoms with Crippen LogP contribution in [0.5, 0.6) is 0 Å². The average Bonchev–Trinajstić information content (AvgIpc) is 2.56. The zero-order valence-corrected chi connectivity index (χ0v) is 13.2. The normalized spacial score (nSPS) is 15.7. The molecule has 6 heteroatoms. The van der Waals surface area contributed by atoms with E-state index in [0.717, 1.165) is 12.8 Å². The Kier molecular flexibility index (Phi) is 6.12. The molecule has 1 aliphatic rings. The Hall–Kier alpha value is -2.39. The number of rotatable bonds is 5. The van der Waals surface area contributed by atoms with Gasteiger partial charge in [0.05, 0.1) is 30.7 Å². The number of likely N-dealkylation sites (tertiary alicyclic amines) is 1.